The van der Waals surface area contributed by atoms with E-state index in [-0.39, 0.29) is 11.8 Å². The van der Waals surface area contributed by atoms with Crippen molar-refractivity contribution in [3.8, 4) is 5.75 Å². The highest BCUT2D eigenvalue weighted by Crippen LogP contribution is 2.32. The first-order valence-electron chi connectivity index (χ1n) is 7.54. The lowest BCUT2D eigenvalue weighted by Gasteiger charge is -2.24. The van der Waals surface area contributed by atoms with E-state index in [1.807, 2.05) is 0 Å². The molecule has 0 bridgehead atoms. The Morgan fingerprint density at radius 3 is 2.88 bits per heavy atom. The second kappa shape index (κ2) is 6.23. The molecule has 8 nitrogen and oxygen atoms in total. The molecule has 2 amide bonds. The minimum Gasteiger partial charge on any atom is -0.479 e. The molecule has 1 aliphatic rings. The van der Waals surface area contributed by atoms with Gasteiger partial charge in [0, 0.05) is 11.8 Å². The molecule has 3 rings (SSSR count). The second-order valence-electron chi connectivity index (χ2n) is 5.64. The van der Waals surface area contributed by atoms with E-state index in [1.54, 1.807) is 45.0 Å². The van der Waals surface area contributed by atoms with Crippen LogP contribution in [0.15, 0.2) is 28.8 Å². The van der Waals surface area contributed by atoms with Gasteiger partial charge in [0.05, 0.1) is 5.69 Å². The monoisotopic (exact) mass is 330 g/mol. The molecule has 2 atom stereocenters. The molecule has 3 N–H and O–H groups in total. The van der Waals surface area contributed by atoms with E-state index < -0.39 is 12.1 Å². The van der Waals surface area contributed by atoms with E-state index in [0.29, 0.717) is 28.7 Å². The first-order chi connectivity index (χ1) is 11.4. The van der Waals surface area contributed by atoms with Crippen LogP contribution in [-0.4, -0.2) is 29.1 Å². The topological polar surface area (TPSA) is 105 Å². The number of hydrogen-bond donors (Lipinski definition) is 3. The maximum Gasteiger partial charge on any atom is 0.265 e. The lowest BCUT2D eigenvalue weighted by atomic mass is 10.2. The summed E-state index contributed by atoms with van der Waals surface area (Å²) >= 11 is 0. The fourth-order valence-corrected chi connectivity index (χ4v) is 2.27. The Morgan fingerprint density at radius 1 is 1.38 bits per heavy atom. The van der Waals surface area contributed by atoms with Gasteiger partial charge in [-0.1, -0.05) is 5.16 Å². The molecule has 0 spiro atoms. The van der Waals surface area contributed by atoms with Gasteiger partial charge >= 0.3 is 0 Å². The number of rotatable bonds is 4. The Morgan fingerprint density at radius 2 is 2.17 bits per heavy atom. The van der Waals surface area contributed by atoms with Crippen molar-refractivity contribution < 1.29 is 18.8 Å². The summed E-state index contributed by atoms with van der Waals surface area (Å²) < 4.78 is 10.4. The highest BCUT2D eigenvalue weighted by Gasteiger charge is 2.24. The number of carbonyl (C=O) groups excluding carboxylic acids is 2. The average molecular weight is 330 g/mol. The van der Waals surface area contributed by atoms with E-state index >= 15 is 0 Å². The summed E-state index contributed by atoms with van der Waals surface area (Å²) in [4.78, 5) is 23.8. The predicted molar refractivity (Wildman–Crippen MR) is 88.1 cm³/mol. The molecule has 0 saturated heterocycles. The van der Waals surface area contributed by atoms with Crippen LogP contribution < -0.4 is 20.7 Å². The normalized spacial score (nSPS) is 17.3. The molecule has 2 aromatic rings. The lowest BCUT2D eigenvalue weighted by Crippen LogP contribution is -2.34. The third-order valence-electron chi connectivity index (χ3n) is 3.57. The van der Waals surface area contributed by atoms with Crippen molar-refractivity contribution in [1.82, 2.24) is 5.16 Å². The van der Waals surface area contributed by atoms with Crippen LogP contribution in [0.3, 0.4) is 0 Å². The standard InChI is InChI=1S/C16H18N4O4/c1-8-6-14(20-24-8)19-15(21)9(2)17-11-4-5-13-12(7-11)18-16(22)10(3)23-13/h4-7,9-10,17H,1-3H3,(H,18,22)(H,19,20,21)/t9-,10-/m1/s1. The van der Waals surface area contributed by atoms with Crippen LogP contribution in [0.4, 0.5) is 17.2 Å². The van der Waals surface area contributed by atoms with Gasteiger partial charge in [0.25, 0.3) is 5.91 Å². The second-order valence-corrected chi connectivity index (χ2v) is 5.64. The zero-order valence-corrected chi connectivity index (χ0v) is 13.5. The molecule has 0 unspecified atom stereocenters. The van der Waals surface area contributed by atoms with Crippen LogP contribution in [0.2, 0.25) is 0 Å². The van der Waals surface area contributed by atoms with Gasteiger partial charge in [0.15, 0.2) is 11.9 Å². The van der Waals surface area contributed by atoms with Crippen LogP contribution >= 0.6 is 0 Å². The summed E-state index contributed by atoms with van der Waals surface area (Å²) in [6.45, 7) is 5.15. The summed E-state index contributed by atoms with van der Waals surface area (Å²) in [5, 5.41) is 12.2. The summed E-state index contributed by atoms with van der Waals surface area (Å²) in [7, 11) is 0. The fraction of sp³-hybridized carbons (Fsp3) is 0.312. The number of nitrogens with one attached hydrogen (secondary N) is 3. The molecule has 1 aliphatic heterocycles. The molecule has 24 heavy (non-hydrogen) atoms. The minimum absolute atomic E-state index is 0.202. The lowest BCUT2D eigenvalue weighted by molar-refractivity contribution is -0.122. The fourth-order valence-electron chi connectivity index (χ4n) is 2.27. The highest BCUT2D eigenvalue weighted by molar-refractivity contribution is 5.98. The molecular weight excluding hydrogens is 312 g/mol. The molecule has 126 valence electrons. The van der Waals surface area contributed by atoms with E-state index in [1.165, 1.54) is 0 Å². The van der Waals surface area contributed by atoms with Gasteiger partial charge in [-0.25, -0.2) is 0 Å². The number of aryl methyl sites for hydroxylation is 1. The van der Waals surface area contributed by atoms with E-state index in [4.69, 9.17) is 9.26 Å². The molecule has 0 saturated carbocycles. The average Bonchev–Trinajstić information content (AvgIpc) is 2.93. The molecule has 0 radical (unpaired) electrons. The van der Waals surface area contributed by atoms with Crippen LogP contribution in [-0.2, 0) is 9.59 Å². The van der Waals surface area contributed by atoms with Crippen molar-refractivity contribution in [3.05, 3.63) is 30.0 Å². The molecule has 0 fully saturated rings. The smallest absolute Gasteiger partial charge is 0.265 e. The maximum atomic E-state index is 12.2. The Balaban J connectivity index is 1.66. The zero-order chi connectivity index (χ0) is 17.3. The van der Waals surface area contributed by atoms with Gasteiger partial charge in [-0.05, 0) is 39.0 Å². The highest BCUT2D eigenvalue weighted by atomic mass is 16.5. The van der Waals surface area contributed by atoms with Gasteiger partial charge in [-0.3, -0.25) is 9.59 Å². The number of anilines is 3. The Labute approximate surface area is 138 Å². The largest absolute Gasteiger partial charge is 0.479 e. The first-order valence-corrected chi connectivity index (χ1v) is 7.54. The quantitative estimate of drug-likeness (QED) is 0.793. The van der Waals surface area contributed by atoms with Crippen molar-refractivity contribution >= 4 is 29.0 Å². The van der Waals surface area contributed by atoms with E-state index in [9.17, 15) is 9.59 Å². The third kappa shape index (κ3) is 3.32. The van der Waals surface area contributed by atoms with Gasteiger partial charge < -0.3 is 25.2 Å². The van der Waals surface area contributed by atoms with Crippen molar-refractivity contribution in [2.45, 2.75) is 32.9 Å². The molecule has 2 heterocycles. The number of nitrogens with zero attached hydrogens (tertiary/aromatic N) is 1. The van der Waals surface area contributed by atoms with Crippen molar-refractivity contribution in [2.75, 3.05) is 16.0 Å². The molecule has 8 heteroatoms. The van der Waals surface area contributed by atoms with Gasteiger partial charge in [0.1, 0.15) is 17.6 Å². The summed E-state index contributed by atoms with van der Waals surface area (Å²) in [6.07, 6.45) is -0.521. The maximum absolute atomic E-state index is 12.2. The summed E-state index contributed by atoms with van der Waals surface area (Å²) in [5.41, 5.74) is 1.26. The minimum atomic E-state index is -0.521. The number of fused-ring (bicyclic) bond motifs is 1. The van der Waals surface area contributed by atoms with Crippen molar-refractivity contribution in [2.24, 2.45) is 0 Å². The van der Waals surface area contributed by atoms with Gasteiger partial charge in [-0.2, -0.15) is 0 Å². The molecule has 1 aromatic carbocycles. The van der Waals surface area contributed by atoms with Crippen LogP contribution in [0.25, 0.3) is 0 Å². The molecule has 1 aromatic heterocycles. The summed E-state index contributed by atoms with van der Waals surface area (Å²) in [6, 6.07) is 6.38. The van der Waals surface area contributed by atoms with Gasteiger partial charge in [-0.15, -0.1) is 0 Å². The Hall–Kier alpha value is -3.03. The van der Waals surface area contributed by atoms with Gasteiger partial charge in [0.2, 0.25) is 5.91 Å². The summed E-state index contributed by atoms with van der Waals surface area (Å²) in [5.74, 6) is 1.13. The van der Waals surface area contributed by atoms with E-state index in [0.717, 1.165) is 0 Å². The Bertz CT molecular complexity index is 786. The van der Waals surface area contributed by atoms with Crippen LogP contribution in [0.1, 0.15) is 19.6 Å². The molecule has 0 aliphatic carbocycles. The number of benzene rings is 1. The van der Waals surface area contributed by atoms with Crippen LogP contribution in [0, 0.1) is 6.92 Å². The number of ether oxygens (including phenoxy) is 1. The third-order valence-corrected chi connectivity index (χ3v) is 3.57. The van der Waals surface area contributed by atoms with Crippen molar-refractivity contribution in [3.63, 3.8) is 0 Å². The number of hydrogen-bond acceptors (Lipinski definition) is 6. The van der Waals surface area contributed by atoms with Crippen molar-refractivity contribution in [1.29, 1.82) is 0 Å². The van der Waals surface area contributed by atoms with E-state index in [2.05, 4.69) is 21.1 Å². The first kappa shape index (κ1) is 15.9. The number of carbonyl (C=O) groups is 2. The zero-order valence-electron chi connectivity index (χ0n) is 13.5. The molecular formula is C16H18N4O4. The van der Waals surface area contributed by atoms with Crippen LogP contribution in [0.5, 0.6) is 5.75 Å². The number of aromatic nitrogens is 1. The Kier molecular flexibility index (Phi) is 4.11. The SMILES string of the molecule is Cc1cc(NC(=O)[C@@H](C)Nc2ccc3c(c2)NC(=O)[C@@H](C)O3)no1. The predicted octanol–water partition coefficient (Wildman–Crippen LogP) is 2.14. The number of amides is 2.